The number of benzene rings is 4. The van der Waals surface area contributed by atoms with Crippen molar-refractivity contribution in [3.05, 3.63) is 77.9 Å². The van der Waals surface area contributed by atoms with Gasteiger partial charge in [0, 0.05) is 48.6 Å². The molecule has 4 aromatic carbocycles. The Morgan fingerprint density at radius 1 is 0.892 bits per heavy atom. The smallest absolute Gasteiger partial charge is 0.426 e. The molecule has 1 aliphatic carbocycles. The number of hydrogen-bond acceptors (Lipinski definition) is 7. The van der Waals surface area contributed by atoms with Crippen molar-refractivity contribution >= 4 is 46.1 Å². The lowest BCUT2D eigenvalue weighted by Gasteiger charge is -2.38. The molecule has 37 heavy (non-hydrogen) atoms. The van der Waals surface area contributed by atoms with Crippen LogP contribution in [0.3, 0.4) is 0 Å². The number of esters is 2. The van der Waals surface area contributed by atoms with Crippen molar-refractivity contribution < 1.29 is 33.8 Å². The molecular formula is C29H27BO7. The summed E-state index contributed by atoms with van der Waals surface area (Å²) in [4.78, 5) is 24.5. The summed E-state index contributed by atoms with van der Waals surface area (Å²) in [7, 11) is -1.30. The van der Waals surface area contributed by atoms with Crippen molar-refractivity contribution in [3.63, 3.8) is 0 Å². The first-order valence-corrected chi connectivity index (χ1v) is 12.1. The van der Waals surface area contributed by atoms with Gasteiger partial charge >= 0.3 is 19.1 Å². The molecule has 0 aliphatic heterocycles. The molecule has 0 aromatic heterocycles. The Labute approximate surface area is 214 Å². The third kappa shape index (κ3) is 4.96. The number of aliphatic hydroxyl groups is 1. The Bertz CT molecular complexity index is 1510. The third-order valence-corrected chi connectivity index (χ3v) is 6.59. The zero-order valence-electron chi connectivity index (χ0n) is 20.9. The van der Waals surface area contributed by atoms with Gasteiger partial charge in [-0.1, -0.05) is 54.6 Å². The second-order valence-electron chi connectivity index (χ2n) is 9.75. The predicted octanol–water partition coefficient (Wildman–Crippen LogP) is 3.99. The van der Waals surface area contributed by atoms with E-state index < -0.39 is 30.8 Å². The molecule has 188 valence electrons. The summed E-state index contributed by atoms with van der Waals surface area (Å²) in [5.41, 5.74) is 0.253. The Hall–Kier alpha value is -3.72. The van der Waals surface area contributed by atoms with E-state index in [-0.39, 0.29) is 24.3 Å². The van der Waals surface area contributed by atoms with Crippen molar-refractivity contribution in [1.29, 1.82) is 0 Å². The van der Waals surface area contributed by atoms with E-state index in [1.54, 1.807) is 31.2 Å². The summed E-state index contributed by atoms with van der Waals surface area (Å²) in [5.74, 6) is -0.512. The van der Waals surface area contributed by atoms with Gasteiger partial charge in [0.1, 0.15) is 11.5 Å². The van der Waals surface area contributed by atoms with Crippen LogP contribution in [-0.2, 0) is 20.7 Å². The van der Waals surface area contributed by atoms with Crippen molar-refractivity contribution in [2.75, 3.05) is 0 Å². The van der Waals surface area contributed by atoms with E-state index in [9.17, 15) is 19.7 Å². The molecule has 0 spiro atoms. The largest absolute Gasteiger partial charge is 0.491 e. The standard InChI is InChI=1S/C29H27BO7/c1-17(31)35-27-22-13-19-9-7-8-10-20(19)14-23(22)28(36-18(2)32)26-24(27)15-29(3,33)16-25(26)37-30(34)21-11-5-4-6-12-21/h4-14,25,33-34H,15-16H2,1-3H3/t25-,29-/m0/s1. The first kappa shape index (κ1) is 25.0. The molecule has 8 heteroatoms. The highest BCUT2D eigenvalue weighted by Gasteiger charge is 2.42. The van der Waals surface area contributed by atoms with Crippen LogP contribution < -0.4 is 14.9 Å². The number of carbonyl (C=O) groups excluding carboxylic acids is 2. The van der Waals surface area contributed by atoms with Gasteiger partial charge < -0.3 is 24.3 Å². The highest BCUT2D eigenvalue weighted by molar-refractivity contribution is 6.60. The van der Waals surface area contributed by atoms with Crippen LogP contribution in [0.1, 0.15) is 44.4 Å². The van der Waals surface area contributed by atoms with Gasteiger partial charge in [-0.25, -0.2) is 0 Å². The van der Waals surface area contributed by atoms with Crippen LogP contribution in [0.15, 0.2) is 66.7 Å². The number of carbonyl (C=O) groups is 2. The molecule has 0 amide bonds. The molecule has 0 fully saturated rings. The van der Waals surface area contributed by atoms with E-state index in [4.69, 9.17) is 14.1 Å². The molecule has 0 radical (unpaired) electrons. The molecule has 0 heterocycles. The van der Waals surface area contributed by atoms with Crippen LogP contribution in [0.25, 0.3) is 21.5 Å². The fraction of sp³-hybridized carbons (Fsp3) is 0.241. The normalized spacial score (nSPS) is 18.9. The van der Waals surface area contributed by atoms with Crippen LogP contribution >= 0.6 is 0 Å². The van der Waals surface area contributed by atoms with Crippen molar-refractivity contribution in [3.8, 4) is 11.5 Å². The van der Waals surface area contributed by atoms with E-state index in [0.717, 1.165) is 10.8 Å². The maximum absolute atomic E-state index is 12.3. The molecule has 0 saturated heterocycles. The quantitative estimate of drug-likeness (QED) is 0.186. The topological polar surface area (TPSA) is 102 Å². The second kappa shape index (κ2) is 9.63. The third-order valence-electron chi connectivity index (χ3n) is 6.59. The summed E-state index contributed by atoms with van der Waals surface area (Å²) >= 11 is 0. The van der Waals surface area contributed by atoms with E-state index in [0.29, 0.717) is 27.4 Å². The zero-order chi connectivity index (χ0) is 26.3. The molecule has 0 unspecified atom stereocenters. The van der Waals surface area contributed by atoms with Gasteiger partial charge in [-0.3, -0.25) is 9.59 Å². The SMILES string of the molecule is CC(=O)Oc1c2c(c(OC(C)=O)c3cc4ccccc4cc13)[C@@H](OB(O)c1ccccc1)C[C@@](C)(O)C2. The Morgan fingerprint density at radius 2 is 1.43 bits per heavy atom. The lowest BCUT2D eigenvalue weighted by Crippen LogP contribution is -2.41. The Morgan fingerprint density at radius 3 is 2.03 bits per heavy atom. The molecule has 2 N–H and O–H groups in total. The number of fused-ring (bicyclic) bond motifs is 3. The maximum atomic E-state index is 12.3. The van der Waals surface area contributed by atoms with Gasteiger partial charge in [0.15, 0.2) is 0 Å². The summed E-state index contributed by atoms with van der Waals surface area (Å²) in [6.45, 7) is 4.29. The predicted molar refractivity (Wildman–Crippen MR) is 141 cm³/mol. The molecule has 4 aromatic rings. The lowest BCUT2D eigenvalue weighted by molar-refractivity contribution is -0.133. The highest BCUT2D eigenvalue weighted by Crippen LogP contribution is 2.51. The fourth-order valence-electron chi connectivity index (χ4n) is 5.14. The van der Waals surface area contributed by atoms with Gasteiger partial charge in [0.25, 0.3) is 0 Å². The van der Waals surface area contributed by atoms with Crippen LogP contribution in [0.4, 0.5) is 0 Å². The second-order valence-corrected chi connectivity index (χ2v) is 9.75. The van der Waals surface area contributed by atoms with Gasteiger partial charge in [-0.15, -0.1) is 0 Å². The molecule has 0 saturated carbocycles. The van der Waals surface area contributed by atoms with Gasteiger partial charge in [-0.2, -0.15) is 0 Å². The zero-order valence-corrected chi connectivity index (χ0v) is 20.9. The number of rotatable bonds is 5. The molecule has 2 atom stereocenters. The first-order valence-electron chi connectivity index (χ1n) is 12.1. The summed E-state index contributed by atoms with van der Waals surface area (Å²) in [5, 5.41) is 25.1. The van der Waals surface area contributed by atoms with E-state index in [1.807, 2.05) is 42.5 Å². The summed E-state index contributed by atoms with van der Waals surface area (Å²) < 4.78 is 17.7. The van der Waals surface area contributed by atoms with Crippen LogP contribution in [0.2, 0.25) is 0 Å². The fourth-order valence-corrected chi connectivity index (χ4v) is 5.14. The Kier molecular flexibility index (Phi) is 6.49. The van der Waals surface area contributed by atoms with Crippen LogP contribution in [-0.4, -0.2) is 34.8 Å². The minimum Gasteiger partial charge on any atom is -0.426 e. The summed E-state index contributed by atoms with van der Waals surface area (Å²) in [6.07, 6.45) is -0.617. The van der Waals surface area contributed by atoms with Crippen molar-refractivity contribution in [2.24, 2.45) is 0 Å². The number of ether oxygens (including phenoxy) is 2. The first-order chi connectivity index (χ1) is 17.6. The molecule has 5 rings (SSSR count). The van der Waals surface area contributed by atoms with Gasteiger partial charge in [-0.05, 0) is 35.3 Å². The highest BCUT2D eigenvalue weighted by atomic mass is 16.5. The minimum atomic E-state index is -1.30. The van der Waals surface area contributed by atoms with Crippen LogP contribution in [0, 0.1) is 0 Å². The maximum Gasteiger partial charge on any atom is 0.491 e. The van der Waals surface area contributed by atoms with Gasteiger partial charge in [0.05, 0.1) is 11.7 Å². The molecule has 1 aliphatic rings. The van der Waals surface area contributed by atoms with E-state index in [1.165, 1.54) is 13.8 Å². The Balaban J connectivity index is 1.81. The van der Waals surface area contributed by atoms with E-state index >= 15 is 0 Å². The monoisotopic (exact) mass is 498 g/mol. The minimum absolute atomic E-state index is 0.122. The number of hydrogen-bond donors (Lipinski definition) is 2. The molecule has 7 nitrogen and oxygen atoms in total. The average Bonchev–Trinajstić information content (AvgIpc) is 2.84. The average molecular weight is 498 g/mol. The van der Waals surface area contributed by atoms with Gasteiger partial charge in [0.2, 0.25) is 0 Å². The molecule has 0 bridgehead atoms. The van der Waals surface area contributed by atoms with E-state index in [2.05, 4.69) is 0 Å². The lowest BCUT2D eigenvalue weighted by atomic mass is 9.74. The van der Waals surface area contributed by atoms with Crippen molar-refractivity contribution in [1.82, 2.24) is 0 Å². The van der Waals surface area contributed by atoms with Crippen molar-refractivity contribution in [2.45, 2.75) is 45.3 Å². The molecular weight excluding hydrogens is 471 g/mol. The summed E-state index contributed by atoms with van der Waals surface area (Å²) in [6, 6.07) is 20.3. The van der Waals surface area contributed by atoms with Crippen LogP contribution in [0.5, 0.6) is 11.5 Å².